The van der Waals surface area contributed by atoms with E-state index in [9.17, 15) is 14.4 Å². The van der Waals surface area contributed by atoms with Gasteiger partial charge in [-0.05, 0) is 62.0 Å². The monoisotopic (exact) mass is 370 g/mol. The minimum Gasteiger partial charge on any atom is -0.322 e. The fourth-order valence-electron chi connectivity index (χ4n) is 4.24. The average Bonchev–Trinajstić information content (AvgIpc) is 3.27. The molecule has 1 unspecified atom stereocenters. The molecule has 3 aliphatic heterocycles. The van der Waals surface area contributed by atoms with Gasteiger partial charge >= 0.3 is 0 Å². The number of piperidine rings is 1. The van der Waals surface area contributed by atoms with Crippen LogP contribution in [0, 0.1) is 5.92 Å². The third-order valence-electron chi connectivity index (χ3n) is 5.81. The number of fused-ring (bicyclic) bond motifs is 1. The minimum absolute atomic E-state index is 0.118. The van der Waals surface area contributed by atoms with E-state index in [0.29, 0.717) is 18.5 Å². The summed E-state index contributed by atoms with van der Waals surface area (Å²) in [6.07, 6.45) is 3.12. The van der Waals surface area contributed by atoms with Gasteiger partial charge in [0.1, 0.15) is 6.04 Å². The number of imide groups is 1. The van der Waals surface area contributed by atoms with Crippen molar-refractivity contribution in [3.05, 3.63) is 34.9 Å². The van der Waals surface area contributed by atoms with Crippen LogP contribution >= 0.6 is 0 Å². The summed E-state index contributed by atoms with van der Waals surface area (Å²) in [6.45, 7) is 4.46. The van der Waals surface area contributed by atoms with Crippen molar-refractivity contribution in [1.82, 2.24) is 20.9 Å². The van der Waals surface area contributed by atoms with Gasteiger partial charge in [0.05, 0.1) is 0 Å². The summed E-state index contributed by atoms with van der Waals surface area (Å²) in [5.74, 6) is 0.0304. The van der Waals surface area contributed by atoms with Gasteiger partial charge in [-0.3, -0.25) is 19.7 Å². The number of carbonyl (C=O) groups excluding carboxylic acids is 3. The fraction of sp³-hybridized carbons (Fsp3) is 0.550. The Bertz CT molecular complexity index is 758. The SMILES string of the molecule is O=C1CCC(N2Cc3cc(CNCC[C@@H]4CCNC4)ccc3C2=O)C(=O)N1. The number of nitrogens with one attached hydrogen (secondary N) is 3. The van der Waals surface area contributed by atoms with Crippen molar-refractivity contribution >= 4 is 17.7 Å². The zero-order valence-electron chi connectivity index (χ0n) is 15.4. The topological polar surface area (TPSA) is 90.5 Å². The molecule has 7 nitrogen and oxygen atoms in total. The van der Waals surface area contributed by atoms with Crippen LogP contribution in [0.5, 0.6) is 0 Å². The highest BCUT2D eigenvalue weighted by Crippen LogP contribution is 2.28. The van der Waals surface area contributed by atoms with Crippen molar-refractivity contribution in [2.75, 3.05) is 19.6 Å². The van der Waals surface area contributed by atoms with Gasteiger partial charge in [0.2, 0.25) is 11.8 Å². The van der Waals surface area contributed by atoms with Crippen LogP contribution in [-0.4, -0.2) is 48.3 Å². The second-order valence-corrected chi connectivity index (χ2v) is 7.72. The van der Waals surface area contributed by atoms with Gasteiger partial charge in [0.15, 0.2) is 0 Å². The fourth-order valence-corrected chi connectivity index (χ4v) is 4.24. The predicted octanol–water partition coefficient (Wildman–Crippen LogP) is 0.537. The zero-order valence-corrected chi connectivity index (χ0v) is 15.4. The standard InChI is InChI=1S/C20H26N4O3/c25-18-4-3-17(19(26)23-18)24-12-15-9-14(1-2-16(15)20(24)27)11-22-8-6-13-5-7-21-10-13/h1-2,9,13,17,21-22H,3-8,10-12H2,(H,23,25,26)/t13-,17?/m0/s1. The smallest absolute Gasteiger partial charge is 0.255 e. The summed E-state index contributed by atoms with van der Waals surface area (Å²) in [6, 6.07) is 5.35. The summed E-state index contributed by atoms with van der Waals surface area (Å²) in [5, 5.41) is 9.21. The lowest BCUT2D eigenvalue weighted by Crippen LogP contribution is -2.52. The molecule has 0 bridgehead atoms. The van der Waals surface area contributed by atoms with Crippen molar-refractivity contribution in [3.63, 3.8) is 0 Å². The zero-order chi connectivity index (χ0) is 18.8. The number of amides is 3. The Morgan fingerprint density at radius 2 is 2.07 bits per heavy atom. The Kier molecular flexibility index (Phi) is 5.22. The summed E-state index contributed by atoms with van der Waals surface area (Å²) in [5.41, 5.74) is 2.78. The lowest BCUT2D eigenvalue weighted by molar-refractivity contribution is -0.136. The molecule has 0 aromatic heterocycles. The molecule has 2 atom stereocenters. The van der Waals surface area contributed by atoms with E-state index >= 15 is 0 Å². The summed E-state index contributed by atoms with van der Waals surface area (Å²) in [7, 11) is 0. The Morgan fingerprint density at radius 3 is 2.85 bits per heavy atom. The van der Waals surface area contributed by atoms with Gasteiger partial charge in [-0.2, -0.15) is 0 Å². The van der Waals surface area contributed by atoms with Gasteiger partial charge in [0.25, 0.3) is 5.91 Å². The molecule has 0 radical (unpaired) electrons. The molecule has 3 aliphatic rings. The van der Waals surface area contributed by atoms with Crippen molar-refractivity contribution in [2.45, 2.75) is 44.8 Å². The number of benzene rings is 1. The van der Waals surface area contributed by atoms with E-state index in [4.69, 9.17) is 0 Å². The van der Waals surface area contributed by atoms with Crippen LogP contribution in [0.15, 0.2) is 18.2 Å². The second-order valence-electron chi connectivity index (χ2n) is 7.72. The van der Waals surface area contributed by atoms with E-state index < -0.39 is 6.04 Å². The predicted molar refractivity (Wildman–Crippen MR) is 99.8 cm³/mol. The maximum Gasteiger partial charge on any atom is 0.255 e. The number of nitrogens with zero attached hydrogens (tertiary/aromatic N) is 1. The van der Waals surface area contributed by atoms with Crippen molar-refractivity contribution in [1.29, 1.82) is 0 Å². The molecule has 1 aromatic rings. The molecule has 3 N–H and O–H groups in total. The molecule has 0 aliphatic carbocycles. The molecule has 3 amide bonds. The van der Waals surface area contributed by atoms with Gasteiger partial charge < -0.3 is 15.5 Å². The van der Waals surface area contributed by atoms with Crippen LogP contribution in [0.1, 0.15) is 47.2 Å². The molecule has 7 heteroatoms. The third-order valence-corrected chi connectivity index (χ3v) is 5.81. The van der Waals surface area contributed by atoms with E-state index in [-0.39, 0.29) is 24.1 Å². The van der Waals surface area contributed by atoms with Crippen molar-refractivity contribution < 1.29 is 14.4 Å². The van der Waals surface area contributed by atoms with Crippen LogP contribution in [0.2, 0.25) is 0 Å². The van der Waals surface area contributed by atoms with E-state index in [0.717, 1.165) is 43.2 Å². The summed E-state index contributed by atoms with van der Waals surface area (Å²) in [4.78, 5) is 37.7. The number of hydrogen-bond donors (Lipinski definition) is 3. The molecule has 3 heterocycles. The number of carbonyl (C=O) groups is 3. The van der Waals surface area contributed by atoms with Crippen molar-refractivity contribution in [3.8, 4) is 0 Å². The van der Waals surface area contributed by atoms with Crippen LogP contribution in [-0.2, 0) is 22.7 Å². The lowest BCUT2D eigenvalue weighted by Gasteiger charge is -2.29. The molecule has 2 fully saturated rings. The van der Waals surface area contributed by atoms with Crippen LogP contribution in [0.4, 0.5) is 0 Å². The Labute approximate surface area is 158 Å². The van der Waals surface area contributed by atoms with E-state index in [1.807, 2.05) is 12.1 Å². The normalized spacial score (nSPS) is 25.0. The van der Waals surface area contributed by atoms with Crippen LogP contribution in [0.25, 0.3) is 0 Å². The highest BCUT2D eigenvalue weighted by Gasteiger charge is 2.38. The van der Waals surface area contributed by atoms with Gasteiger partial charge in [0, 0.05) is 25.1 Å². The first kappa shape index (κ1) is 18.1. The molecule has 1 aromatic carbocycles. The number of rotatable bonds is 6. The Morgan fingerprint density at radius 1 is 1.19 bits per heavy atom. The first-order chi connectivity index (χ1) is 13.1. The van der Waals surface area contributed by atoms with Crippen LogP contribution in [0.3, 0.4) is 0 Å². The second kappa shape index (κ2) is 7.78. The lowest BCUT2D eigenvalue weighted by atomic mass is 10.0. The Balaban J connectivity index is 1.34. The average molecular weight is 370 g/mol. The highest BCUT2D eigenvalue weighted by atomic mass is 16.2. The molecule has 2 saturated heterocycles. The van der Waals surface area contributed by atoms with Gasteiger partial charge in [-0.25, -0.2) is 0 Å². The summed E-state index contributed by atoms with van der Waals surface area (Å²) < 4.78 is 0. The maximum absolute atomic E-state index is 12.7. The molecule has 144 valence electrons. The molecule has 4 rings (SSSR count). The number of hydrogen-bond acceptors (Lipinski definition) is 5. The Hall–Kier alpha value is -2.25. The van der Waals surface area contributed by atoms with E-state index in [1.165, 1.54) is 12.8 Å². The minimum atomic E-state index is -0.552. The van der Waals surface area contributed by atoms with Gasteiger partial charge in [-0.1, -0.05) is 12.1 Å². The molecular weight excluding hydrogens is 344 g/mol. The van der Waals surface area contributed by atoms with Crippen molar-refractivity contribution in [2.24, 2.45) is 5.92 Å². The van der Waals surface area contributed by atoms with E-state index in [1.54, 1.807) is 4.90 Å². The van der Waals surface area contributed by atoms with Crippen LogP contribution < -0.4 is 16.0 Å². The first-order valence-electron chi connectivity index (χ1n) is 9.79. The largest absolute Gasteiger partial charge is 0.322 e. The first-order valence-corrected chi connectivity index (χ1v) is 9.79. The van der Waals surface area contributed by atoms with E-state index in [2.05, 4.69) is 22.0 Å². The molecular formula is C20H26N4O3. The quantitative estimate of drug-likeness (QED) is 0.502. The molecule has 0 saturated carbocycles. The molecule has 27 heavy (non-hydrogen) atoms. The third kappa shape index (κ3) is 3.89. The highest BCUT2D eigenvalue weighted by molar-refractivity contribution is 6.05. The van der Waals surface area contributed by atoms with Gasteiger partial charge in [-0.15, -0.1) is 0 Å². The summed E-state index contributed by atoms with van der Waals surface area (Å²) >= 11 is 0. The maximum atomic E-state index is 12.7. The molecule has 0 spiro atoms.